The molecule has 0 N–H and O–H groups in total. The molecule has 0 nitrogen and oxygen atoms in total. The Balaban J connectivity index is 2.68. The first kappa shape index (κ1) is 5.59. The third kappa shape index (κ3) is 2.58. The van der Waals surface area contributed by atoms with Gasteiger partial charge in [0.1, 0.15) is 0 Å². The maximum Gasteiger partial charge on any atom is 0.0362 e. The lowest BCUT2D eigenvalue weighted by molar-refractivity contribution is 1.01. The largest absolute Gasteiger partial charge is 0.0995 e. The van der Waals surface area contributed by atoms with E-state index >= 15 is 0 Å². The first-order chi connectivity index (χ1) is 6.25. The molecular weight excluding hydrogens is 132 g/mol. The van der Waals surface area contributed by atoms with Gasteiger partial charge in [0.25, 0.3) is 0 Å². The van der Waals surface area contributed by atoms with Crippen LogP contribution in [0.25, 0.3) is 0 Å². The van der Waals surface area contributed by atoms with Crippen molar-refractivity contribution in [2.75, 3.05) is 0 Å². The Morgan fingerprint density at radius 3 is 2.91 bits per heavy atom. The van der Waals surface area contributed by atoms with Gasteiger partial charge >= 0.3 is 0 Å². The molecule has 0 heteroatoms. The van der Waals surface area contributed by atoms with Gasteiger partial charge in [-0.05, 0) is 18.4 Å². The van der Waals surface area contributed by atoms with Crippen LogP contribution in [0.15, 0.2) is 42.5 Å². The minimum absolute atomic E-state index is 0.320. The summed E-state index contributed by atoms with van der Waals surface area (Å²) >= 11 is 0. The van der Waals surface area contributed by atoms with Crippen LogP contribution in [-0.2, 0) is 6.40 Å². The Morgan fingerprint density at radius 2 is 2.27 bits per heavy atom. The van der Waals surface area contributed by atoms with Crippen LogP contribution in [0.5, 0.6) is 0 Å². The molecule has 1 unspecified atom stereocenters. The van der Waals surface area contributed by atoms with E-state index in [2.05, 4.69) is 6.58 Å². The molecule has 0 saturated heterocycles. The Hall–Kier alpha value is -1.04. The van der Waals surface area contributed by atoms with E-state index in [0.717, 1.165) is 11.1 Å². The summed E-state index contributed by atoms with van der Waals surface area (Å²) in [6.45, 7) is 4.13. The zero-order valence-electron chi connectivity index (χ0n) is 8.59. The second-order valence-corrected chi connectivity index (χ2v) is 2.46. The van der Waals surface area contributed by atoms with Gasteiger partial charge < -0.3 is 0 Å². The fraction of sp³-hybridized carbons (Fsp3) is 0.273. The summed E-state index contributed by atoms with van der Waals surface area (Å²) in [5, 5.41) is 0. The monoisotopic (exact) mass is 148 g/mol. The van der Waals surface area contributed by atoms with Crippen molar-refractivity contribution in [3.8, 4) is 0 Å². The highest BCUT2D eigenvalue weighted by atomic mass is 14.0. The average molecular weight is 148 g/mol. The molecule has 1 aromatic carbocycles. The van der Waals surface area contributed by atoms with E-state index in [0.29, 0.717) is 13.3 Å². The lowest BCUT2D eigenvalue weighted by atomic mass is 10.1. The van der Waals surface area contributed by atoms with Crippen molar-refractivity contribution >= 4 is 0 Å². The summed E-state index contributed by atoms with van der Waals surface area (Å²) in [6.07, 6.45) is 0.245. The standard InChI is InChI=1S/C11H14/c1-3-10(2)9-11-7-5-4-6-8-11/h4-8H,2-3,9H2,1H3/i1D,9D. The molecule has 11 heavy (non-hydrogen) atoms. The van der Waals surface area contributed by atoms with E-state index < -0.39 is 0 Å². The summed E-state index contributed by atoms with van der Waals surface area (Å²) in [5.74, 6) is 0. The highest BCUT2D eigenvalue weighted by Crippen LogP contribution is 2.07. The minimum Gasteiger partial charge on any atom is -0.0995 e. The van der Waals surface area contributed by atoms with E-state index in [9.17, 15) is 0 Å². The number of hydrogen-bond donors (Lipinski definition) is 0. The topological polar surface area (TPSA) is 0 Å². The van der Waals surface area contributed by atoms with Crippen molar-refractivity contribution in [2.24, 2.45) is 0 Å². The normalized spacial score (nSPS) is 14.9. The van der Waals surface area contributed by atoms with E-state index in [4.69, 9.17) is 2.74 Å². The van der Waals surface area contributed by atoms with Gasteiger partial charge in [-0.25, -0.2) is 0 Å². The van der Waals surface area contributed by atoms with Crippen LogP contribution < -0.4 is 0 Å². The second kappa shape index (κ2) is 3.97. The zero-order chi connectivity index (χ0) is 9.68. The molecule has 0 spiro atoms. The molecule has 0 saturated carbocycles. The first-order valence-electron chi connectivity index (χ1n) is 4.98. The predicted octanol–water partition coefficient (Wildman–Crippen LogP) is 3.20. The Kier molecular flexibility index (Phi) is 2.02. The van der Waals surface area contributed by atoms with Gasteiger partial charge in [-0.3, -0.25) is 0 Å². The summed E-state index contributed by atoms with van der Waals surface area (Å²) in [4.78, 5) is 0. The van der Waals surface area contributed by atoms with Crippen molar-refractivity contribution in [3.05, 3.63) is 48.0 Å². The fourth-order valence-electron chi connectivity index (χ4n) is 0.857. The van der Waals surface area contributed by atoms with Crippen LogP contribution in [-0.4, -0.2) is 0 Å². The van der Waals surface area contributed by atoms with Gasteiger partial charge in [0.15, 0.2) is 0 Å². The highest BCUT2D eigenvalue weighted by Gasteiger charge is 1.92. The molecule has 1 atom stereocenters. The molecule has 0 heterocycles. The molecule has 0 aliphatic rings. The summed E-state index contributed by atoms with van der Waals surface area (Å²) in [6, 6.07) is 9.62. The molecule has 0 radical (unpaired) electrons. The smallest absolute Gasteiger partial charge is 0.0362 e. The second-order valence-electron chi connectivity index (χ2n) is 2.46. The van der Waals surface area contributed by atoms with Crippen LogP contribution in [0.1, 0.15) is 21.6 Å². The third-order valence-electron chi connectivity index (χ3n) is 1.49. The van der Waals surface area contributed by atoms with Gasteiger partial charge in [0.2, 0.25) is 0 Å². The molecule has 1 aromatic rings. The maximum atomic E-state index is 7.84. The van der Waals surface area contributed by atoms with E-state index in [1.807, 2.05) is 30.3 Å². The van der Waals surface area contributed by atoms with Crippen molar-refractivity contribution in [1.82, 2.24) is 0 Å². The predicted molar refractivity (Wildman–Crippen MR) is 49.6 cm³/mol. The van der Waals surface area contributed by atoms with Gasteiger partial charge in [-0.15, -0.1) is 0 Å². The highest BCUT2D eigenvalue weighted by molar-refractivity contribution is 5.20. The van der Waals surface area contributed by atoms with Crippen molar-refractivity contribution in [3.63, 3.8) is 0 Å². The third-order valence-corrected chi connectivity index (χ3v) is 1.49. The molecule has 0 aliphatic carbocycles. The van der Waals surface area contributed by atoms with Crippen LogP contribution >= 0.6 is 0 Å². The van der Waals surface area contributed by atoms with Crippen LogP contribution in [0.4, 0.5) is 0 Å². The van der Waals surface area contributed by atoms with Crippen LogP contribution in [0, 0.1) is 0 Å². The zero-order valence-corrected chi connectivity index (χ0v) is 6.59. The molecule has 1 rings (SSSR count). The number of benzene rings is 1. The van der Waals surface area contributed by atoms with Crippen molar-refractivity contribution in [1.29, 1.82) is 0 Å². The van der Waals surface area contributed by atoms with Gasteiger partial charge in [-0.1, -0.05) is 49.4 Å². The molecule has 0 aromatic heterocycles. The Labute approximate surface area is 71.4 Å². The Morgan fingerprint density at radius 1 is 1.55 bits per heavy atom. The maximum absolute atomic E-state index is 7.84. The number of rotatable bonds is 3. The van der Waals surface area contributed by atoms with E-state index in [1.54, 1.807) is 0 Å². The summed E-state index contributed by atoms with van der Waals surface area (Å²) in [7, 11) is 0. The van der Waals surface area contributed by atoms with E-state index in [1.165, 1.54) is 0 Å². The van der Waals surface area contributed by atoms with Crippen molar-refractivity contribution in [2.45, 2.75) is 19.7 Å². The molecule has 0 fully saturated rings. The molecular formula is C11H14. The lowest BCUT2D eigenvalue weighted by Crippen LogP contribution is -1.86. The Bertz CT molecular complexity index is 267. The van der Waals surface area contributed by atoms with Gasteiger partial charge in [-0.2, -0.15) is 0 Å². The van der Waals surface area contributed by atoms with Crippen molar-refractivity contribution < 1.29 is 2.74 Å². The quantitative estimate of drug-likeness (QED) is 0.577. The number of allylic oxidation sites excluding steroid dienone is 1. The first-order valence-corrected chi connectivity index (χ1v) is 3.70. The summed E-state index contributed by atoms with van der Waals surface area (Å²) < 4.78 is 14.9. The SMILES string of the molecule is [2H]CCC(=C)C([2H])c1ccccc1. The molecule has 0 aliphatic heterocycles. The molecule has 0 bridgehead atoms. The summed E-state index contributed by atoms with van der Waals surface area (Å²) in [5.41, 5.74) is 1.78. The van der Waals surface area contributed by atoms with Gasteiger partial charge in [0.05, 0.1) is 0 Å². The van der Waals surface area contributed by atoms with Crippen LogP contribution in [0.3, 0.4) is 0 Å². The van der Waals surface area contributed by atoms with Crippen LogP contribution in [0.2, 0.25) is 0 Å². The fourth-order valence-corrected chi connectivity index (χ4v) is 0.857. The number of hydrogen-bond acceptors (Lipinski definition) is 0. The average Bonchev–Trinajstić information content (AvgIpc) is 2.18. The van der Waals surface area contributed by atoms with E-state index in [-0.39, 0.29) is 6.40 Å². The molecule has 58 valence electrons. The lowest BCUT2D eigenvalue weighted by Gasteiger charge is -2.00. The van der Waals surface area contributed by atoms with Gasteiger partial charge in [0, 0.05) is 2.74 Å². The molecule has 0 amide bonds. The minimum atomic E-state index is -0.369.